The van der Waals surface area contributed by atoms with Crippen LogP contribution in [0.5, 0.6) is 0 Å². The second kappa shape index (κ2) is 11.7. The van der Waals surface area contributed by atoms with Gasteiger partial charge in [-0.25, -0.2) is 14.2 Å². The predicted octanol–water partition coefficient (Wildman–Crippen LogP) is 9.02. The van der Waals surface area contributed by atoms with Crippen LogP contribution >= 0.6 is 0 Å². The number of hydrogen-bond acceptors (Lipinski definition) is 5. The maximum atomic E-state index is 14.1. The van der Waals surface area contributed by atoms with E-state index in [2.05, 4.69) is 74.4 Å². The molecule has 264 valence electrons. The number of unbranched alkanes of at least 4 members (excludes halogenated alkanes) is 1. The summed E-state index contributed by atoms with van der Waals surface area (Å²) >= 11 is 0. The Morgan fingerprint density at radius 3 is 2.52 bits per heavy atom. The van der Waals surface area contributed by atoms with Gasteiger partial charge in [0.2, 0.25) is 5.82 Å². The van der Waals surface area contributed by atoms with Crippen LogP contribution in [0.3, 0.4) is 0 Å². The van der Waals surface area contributed by atoms with Crippen LogP contribution in [0.2, 0.25) is 0 Å². The van der Waals surface area contributed by atoms with Crippen LogP contribution in [0.15, 0.2) is 83.7 Å². The molecule has 11 heteroatoms. The summed E-state index contributed by atoms with van der Waals surface area (Å²) < 4.78 is 55.0. The van der Waals surface area contributed by atoms with Crippen molar-refractivity contribution in [2.24, 2.45) is 0 Å². The van der Waals surface area contributed by atoms with Gasteiger partial charge in [-0.3, -0.25) is 0 Å². The zero-order chi connectivity index (χ0) is 36.0. The molecule has 9 rings (SSSR count). The van der Waals surface area contributed by atoms with Crippen LogP contribution in [0.1, 0.15) is 89.2 Å². The van der Waals surface area contributed by atoms with Crippen molar-refractivity contribution in [3.05, 3.63) is 96.2 Å². The maximum Gasteiger partial charge on any atom is 0.453 e. The lowest BCUT2D eigenvalue weighted by Crippen LogP contribution is -2.71. The molecule has 0 N–H and O–H groups in total. The third-order valence-corrected chi connectivity index (χ3v) is 12.1. The van der Waals surface area contributed by atoms with Crippen molar-refractivity contribution in [3.63, 3.8) is 0 Å². The average molecular weight is 704 g/mol. The summed E-state index contributed by atoms with van der Waals surface area (Å²) in [7, 11) is 0. The number of aromatic nitrogens is 7. The molecule has 3 atom stereocenters. The summed E-state index contributed by atoms with van der Waals surface area (Å²) in [4.78, 5) is 13.6. The first kappa shape index (κ1) is 32.7. The Kier molecular flexibility index (Phi) is 7.33. The molecule has 0 fully saturated rings. The summed E-state index contributed by atoms with van der Waals surface area (Å²) in [6, 6.07) is 20.7. The molecule has 0 saturated carbocycles. The van der Waals surface area contributed by atoms with Crippen molar-refractivity contribution in [1.82, 2.24) is 24.7 Å². The molecule has 7 heterocycles. The lowest BCUT2D eigenvalue weighted by Gasteiger charge is -2.47. The smallest absolute Gasteiger partial charge is 0.453 e. The number of aryl methyl sites for hydroxylation is 1. The fourth-order valence-corrected chi connectivity index (χ4v) is 9.24. The number of halogens is 3. The van der Waals surface area contributed by atoms with E-state index in [1.54, 1.807) is 17.1 Å². The summed E-state index contributed by atoms with van der Waals surface area (Å²) in [6.07, 6.45) is 6.61. The van der Waals surface area contributed by atoms with Crippen molar-refractivity contribution >= 4 is 33.1 Å². The molecular formula is C41H40F3N7O+2. The first-order valence-corrected chi connectivity index (χ1v) is 18.3. The van der Waals surface area contributed by atoms with E-state index in [1.165, 1.54) is 11.1 Å². The van der Waals surface area contributed by atoms with Crippen molar-refractivity contribution in [3.8, 4) is 22.8 Å². The lowest BCUT2D eigenvalue weighted by atomic mass is 9.69. The molecule has 2 aromatic carbocycles. The van der Waals surface area contributed by atoms with Crippen LogP contribution in [-0.4, -0.2) is 24.7 Å². The van der Waals surface area contributed by atoms with E-state index in [-0.39, 0.29) is 11.9 Å². The molecule has 5 aromatic heterocycles. The van der Waals surface area contributed by atoms with Gasteiger partial charge in [-0.1, -0.05) is 39.3 Å². The van der Waals surface area contributed by atoms with Crippen LogP contribution in [0.4, 0.5) is 13.2 Å². The summed E-state index contributed by atoms with van der Waals surface area (Å²) in [5.74, 6) is -0.877. The molecule has 0 saturated heterocycles. The van der Waals surface area contributed by atoms with Crippen molar-refractivity contribution in [2.75, 3.05) is 0 Å². The number of hydrogen-bond donors (Lipinski definition) is 0. The fraction of sp³-hybridized carbons (Fsp3) is 0.366. The fourth-order valence-electron chi connectivity index (χ4n) is 9.24. The molecule has 2 aliphatic heterocycles. The first-order chi connectivity index (χ1) is 25.1. The molecule has 0 spiro atoms. The van der Waals surface area contributed by atoms with Gasteiger partial charge in [0.1, 0.15) is 28.4 Å². The second-order valence-electron chi connectivity index (χ2n) is 14.5. The normalized spacial score (nSPS) is 20.7. The number of benzene rings is 2. The Balaban J connectivity index is 1.21. The molecule has 0 bridgehead atoms. The highest BCUT2D eigenvalue weighted by atomic mass is 19.4. The highest BCUT2D eigenvalue weighted by molar-refractivity contribution is 6.06. The van der Waals surface area contributed by atoms with Crippen molar-refractivity contribution in [2.45, 2.75) is 95.9 Å². The van der Waals surface area contributed by atoms with Crippen LogP contribution < -0.4 is 9.13 Å². The summed E-state index contributed by atoms with van der Waals surface area (Å²) in [5, 5.41) is 6.35. The molecular weight excluding hydrogens is 663 g/mol. The van der Waals surface area contributed by atoms with E-state index in [1.807, 2.05) is 44.3 Å². The van der Waals surface area contributed by atoms with E-state index >= 15 is 0 Å². The molecule has 0 amide bonds. The second-order valence-corrected chi connectivity index (χ2v) is 14.5. The Bertz CT molecular complexity index is 2540. The minimum Gasteiger partial charge on any atom is -0.456 e. The summed E-state index contributed by atoms with van der Waals surface area (Å²) in [5.41, 5.74) is 7.05. The number of furan rings is 1. The standard InChI is InChI=1S/C41H40F3N7O/c1-5-8-11-25-13-14-26-29-23-27-28(24-35(29)52-34(26)22-25)31-16-15-30-36(46-20-19-45-30)50(31)32(27)17-18-40(7-3)39(4,6-2)51-37(33-12-9-10-21-49(33)40)47-38(48-51)41(42,43)44/h9-10,12-16,19-24,32H,5-8,11,17-18H2,1-4H3/q+2. The van der Waals surface area contributed by atoms with E-state index in [0.717, 1.165) is 63.6 Å². The van der Waals surface area contributed by atoms with Crippen LogP contribution in [0.25, 0.3) is 55.9 Å². The monoisotopic (exact) mass is 703 g/mol. The summed E-state index contributed by atoms with van der Waals surface area (Å²) in [6.45, 7) is 8.40. The van der Waals surface area contributed by atoms with E-state index in [0.29, 0.717) is 31.4 Å². The zero-order valence-corrected chi connectivity index (χ0v) is 29.7. The minimum absolute atomic E-state index is 0.122. The van der Waals surface area contributed by atoms with Crippen LogP contribution in [-0.2, 0) is 23.7 Å². The van der Waals surface area contributed by atoms with Gasteiger partial charge in [0.15, 0.2) is 23.4 Å². The van der Waals surface area contributed by atoms with E-state index in [4.69, 9.17) is 9.40 Å². The number of alkyl halides is 3. The first-order valence-electron chi connectivity index (χ1n) is 18.3. The van der Waals surface area contributed by atoms with Gasteiger partial charge in [-0.15, -0.1) is 5.10 Å². The van der Waals surface area contributed by atoms with E-state index in [9.17, 15) is 13.2 Å². The molecule has 0 aliphatic carbocycles. The maximum absolute atomic E-state index is 14.1. The Labute approximate surface area is 299 Å². The SMILES string of the molecule is CCCCc1ccc2c(c1)oc1cc3c(cc12)C(CCC1(CC)[n+]2ccccc2-c2nc(C(F)(F)F)nn2C1(C)CC)[n+]1c-3ccc2nccnc21. The third kappa shape index (κ3) is 4.53. The number of fused-ring (bicyclic) bond motifs is 11. The number of rotatable bonds is 8. The average Bonchev–Trinajstić information content (AvgIpc) is 3.86. The molecule has 3 unspecified atom stereocenters. The van der Waals surface area contributed by atoms with Crippen molar-refractivity contribution in [1.29, 1.82) is 0 Å². The highest BCUT2D eigenvalue weighted by Gasteiger charge is 2.62. The molecule has 0 radical (unpaired) electrons. The van der Waals surface area contributed by atoms with E-state index < -0.39 is 23.1 Å². The van der Waals surface area contributed by atoms with Gasteiger partial charge in [0, 0.05) is 46.9 Å². The number of nitrogens with zero attached hydrogens (tertiary/aromatic N) is 7. The Morgan fingerprint density at radius 2 is 1.73 bits per heavy atom. The Hall–Kier alpha value is -5.19. The lowest BCUT2D eigenvalue weighted by molar-refractivity contribution is -0.776. The largest absolute Gasteiger partial charge is 0.456 e. The van der Waals surface area contributed by atoms with Crippen LogP contribution in [0, 0.1) is 0 Å². The molecule has 8 nitrogen and oxygen atoms in total. The molecule has 52 heavy (non-hydrogen) atoms. The molecule has 7 aromatic rings. The zero-order valence-electron chi connectivity index (χ0n) is 29.7. The predicted molar refractivity (Wildman–Crippen MR) is 191 cm³/mol. The van der Waals surface area contributed by atoms with Crippen molar-refractivity contribution < 1.29 is 26.7 Å². The Morgan fingerprint density at radius 1 is 0.904 bits per heavy atom. The van der Waals surface area contributed by atoms with Gasteiger partial charge >= 0.3 is 11.8 Å². The van der Waals surface area contributed by atoms with Gasteiger partial charge in [0.05, 0.1) is 6.20 Å². The van der Waals surface area contributed by atoms with Gasteiger partial charge in [0.25, 0.3) is 11.5 Å². The quantitative estimate of drug-likeness (QED) is 0.148. The molecule has 2 aliphatic rings. The number of pyridine rings is 2. The third-order valence-electron chi connectivity index (χ3n) is 12.1. The van der Waals surface area contributed by atoms with Gasteiger partial charge in [-0.05, 0) is 79.6 Å². The topological polar surface area (TPSA) is 77.4 Å². The minimum atomic E-state index is -4.66. The van der Waals surface area contributed by atoms with Gasteiger partial charge < -0.3 is 4.42 Å². The van der Waals surface area contributed by atoms with Gasteiger partial charge in [-0.2, -0.15) is 22.7 Å². The highest BCUT2D eigenvalue weighted by Crippen LogP contribution is 2.50.